The number of aromatic hydroxyl groups is 1. The SMILES string of the molecule is CC1=C(C=O)[C@@H](C)Cc2cc(O)ccc21. The maximum absolute atomic E-state index is 11.0. The molecule has 1 aliphatic carbocycles. The number of benzene rings is 1. The second kappa shape index (κ2) is 3.54. The summed E-state index contributed by atoms with van der Waals surface area (Å²) in [5.41, 5.74) is 4.14. The Morgan fingerprint density at radius 2 is 2.20 bits per heavy atom. The topological polar surface area (TPSA) is 37.3 Å². The zero-order valence-corrected chi connectivity index (χ0v) is 8.95. The van der Waals surface area contributed by atoms with E-state index in [1.807, 2.05) is 19.9 Å². The Morgan fingerprint density at radius 1 is 1.47 bits per heavy atom. The molecule has 1 aromatic rings. The van der Waals surface area contributed by atoms with Crippen LogP contribution in [0.4, 0.5) is 0 Å². The van der Waals surface area contributed by atoms with E-state index in [2.05, 4.69) is 0 Å². The summed E-state index contributed by atoms with van der Waals surface area (Å²) < 4.78 is 0. The molecule has 15 heavy (non-hydrogen) atoms. The molecular weight excluding hydrogens is 188 g/mol. The van der Waals surface area contributed by atoms with Crippen LogP contribution in [0.15, 0.2) is 23.8 Å². The van der Waals surface area contributed by atoms with Crippen LogP contribution in [0.3, 0.4) is 0 Å². The van der Waals surface area contributed by atoms with Crippen LogP contribution in [0.2, 0.25) is 0 Å². The largest absolute Gasteiger partial charge is 0.508 e. The minimum absolute atomic E-state index is 0.247. The van der Waals surface area contributed by atoms with Gasteiger partial charge in [-0.25, -0.2) is 0 Å². The van der Waals surface area contributed by atoms with E-state index in [9.17, 15) is 9.90 Å². The normalized spacial score (nSPS) is 20.0. The molecule has 0 fully saturated rings. The number of phenolic OH excluding ortho intramolecular Hbond substituents is 1. The third-order valence-electron chi connectivity index (χ3n) is 3.11. The Morgan fingerprint density at radius 3 is 2.87 bits per heavy atom. The lowest BCUT2D eigenvalue weighted by Crippen LogP contribution is -2.13. The fourth-order valence-electron chi connectivity index (χ4n) is 2.28. The maximum Gasteiger partial charge on any atom is 0.146 e. The summed E-state index contributed by atoms with van der Waals surface area (Å²) in [5, 5.41) is 9.40. The van der Waals surface area contributed by atoms with Gasteiger partial charge >= 0.3 is 0 Å². The number of hydrogen-bond acceptors (Lipinski definition) is 2. The van der Waals surface area contributed by atoms with Crippen LogP contribution in [0.1, 0.15) is 25.0 Å². The molecule has 0 spiro atoms. The second-order valence-electron chi connectivity index (χ2n) is 4.14. The van der Waals surface area contributed by atoms with Crippen LogP contribution in [0.25, 0.3) is 5.57 Å². The summed E-state index contributed by atoms with van der Waals surface area (Å²) in [6.07, 6.45) is 1.78. The molecule has 0 aromatic heterocycles. The molecule has 0 saturated heterocycles. The zero-order chi connectivity index (χ0) is 11.0. The molecule has 0 unspecified atom stereocenters. The number of hydrogen-bond donors (Lipinski definition) is 1. The lowest BCUT2D eigenvalue weighted by Gasteiger charge is -2.23. The Bertz CT molecular complexity index is 444. The fourth-order valence-corrected chi connectivity index (χ4v) is 2.28. The van der Waals surface area contributed by atoms with Crippen molar-refractivity contribution >= 4 is 11.9 Å². The third-order valence-corrected chi connectivity index (χ3v) is 3.11. The molecule has 0 bridgehead atoms. The Labute approximate surface area is 89.2 Å². The Balaban J connectivity index is 2.61. The summed E-state index contributed by atoms with van der Waals surface area (Å²) in [6, 6.07) is 5.34. The highest BCUT2D eigenvalue weighted by Gasteiger charge is 2.21. The van der Waals surface area contributed by atoms with Crippen LogP contribution in [-0.2, 0) is 11.2 Å². The molecule has 1 atom stereocenters. The molecule has 0 radical (unpaired) electrons. The molecule has 1 N–H and O–H groups in total. The van der Waals surface area contributed by atoms with Crippen molar-refractivity contribution in [2.75, 3.05) is 0 Å². The first-order valence-electron chi connectivity index (χ1n) is 5.11. The lowest BCUT2D eigenvalue weighted by molar-refractivity contribution is -0.105. The summed E-state index contributed by atoms with van der Waals surface area (Å²) in [4.78, 5) is 11.0. The lowest BCUT2D eigenvalue weighted by atomic mass is 9.80. The summed E-state index contributed by atoms with van der Waals surface area (Å²) in [5.74, 6) is 0.542. The first-order chi connectivity index (χ1) is 7.13. The highest BCUT2D eigenvalue weighted by Crippen LogP contribution is 2.34. The molecule has 1 aromatic carbocycles. The number of rotatable bonds is 1. The van der Waals surface area contributed by atoms with Crippen molar-refractivity contribution in [3.8, 4) is 5.75 Å². The van der Waals surface area contributed by atoms with E-state index in [-0.39, 0.29) is 5.92 Å². The van der Waals surface area contributed by atoms with Gasteiger partial charge in [0.2, 0.25) is 0 Å². The highest BCUT2D eigenvalue weighted by molar-refractivity contribution is 5.90. The molecule has 0 saturated carbocycles. The van der Waals surface area contributed by atoms with Gasteiger partial charge in [-0.3, -0.25) is 4.79 Å². The van der Waals surface area contributed by atoms with Gasteiger partial charge in [0.25, 0.3) is 0 Å². The molecule has 0 heterocycles. The Kier molecular flexibility index (Phi) is 2.35. The van der Waals surface area contributed by atoms with Crippen molar-refractivity contribution in [2.45, 2.75) is 20.3 Å². The Hall–Kier alpha value is -1.57. The van der Waals surface area contributed by atoms with Crippen LogP contribution < -0.4 is 0 Å². The van der Waals surface area contributed by atoms with Crippen molar-refractivity contribution in [2.24, 2.45) is 5.92 Å². The number of fused-ring (bicyclic) bond motifs is 1. The number of carbonyl (C=O) groups is 1. The third kappa shape index (κ3) is 1.56. The number of phenols is 1. The van der Waals surface area contributed by atoms with Crippen molar-refractivity contribution in [3.05, 3.63) is 34.9 Å². The van der Waals surface area contributed by atoms with Crippen LogP contribution in [0, 0.1) is 5.92 Å². The predicted molar refractivity (Wildman–Crippen MR) is 59.6 cm³/mol. The first-order valence-corrected chi connectivity index (χ1v) is 5.11. The fraction of sp³-hybridized carbons (Fsp3) is 0.308. The number of aldehydes is 1. The second-order valence-corrected chi connectivity index (χ2v) is 4.14. The first kappa shape index (κ1) is 9.97. The molecule has 2 nitrogen and oxygen atoms in total. The van der Waals surface area contributed by atoms with Gasteiger partial charge < -0.3 is 5.11 Å². The van der Waals surface area contributed by atoms with E-state index in [1.54, 1.807) is 12.1 Å². The van der Waals surface area contributed by atoms with Crippen LogP contribution in [0.5, 0.6) is 5.75 Å². The summed E-state index contributed by atoms with van der Waals surface area (Å²) >= 11 is 0. The average Bonchev–Trinajstić information content (AvgIpc) is 2.17. The monoisotopic (exact) mass is 202 g/mol. The molecular formula is C13H14O2. The number of carbonyl (C=O) groups excluding carboxylic acids is 1. The van der Waals surface area contributed by atoms with Crippen LogP contribution >= 0.6 is 0 Å². The van der Waals surface area contributed by atoms with Gasteiger partial charge in [-0.2, -0.15) is 0 Å². The molecule has 0 aliphatic heterocycles. The molecule has 78 valence electrons. The van der Waals surface area contributed by atoms with E-state index in [0.29, 0.717) is 5.75 Å². The van der Waals surface area contributed by atoms with Crippen molar-refractivity contribution in [1.29, 1.82) is 0 Å². The smallest absolute Gasteiger partial charge is 0.146 e. The zero-order valence-electron chi connectivity index (χ0n) is 8.95. The average molecular weight is 202 g/mol. The van der Waals surface area contributed by atoms with Gasteiger partial charge in [0.1, 0.15) is 12.0 Å². The van der Waals surface area contributed by atoms with Crippen LogP contribution in [-0.4, -0.2) is 11.4 Å². The highest BCUT2D eigenvalue weighted by atomic mass is 16.3. The molecule has 2 rings (SSSR count). The predicted octanol–water partition coefficient (Wildman–Crippen LogP) is 2.56. The van der Waals surface area contributed by atoms with E-state index < -0.39 is 0 Å². The maximum atomic E-state index is 11.0. The van der Waals surface area contributed by atoms with E-state index in [0.717, 1.165) is 35.0 Å². The summed E-state index contributed by atoms with van der Waals surface area (Å²) in [7, 11) is 0. The van der Waals surface area contributed by atoms with Gasteiger partial charge in [0, 0.05) is 0 Å². The van der Waals surface area contributed by atoms with E-state index in [1.165, 1.54) is 0 Å². The quantitative estimate of drug-likeness (QED) is 0.710. The molecule has 1 aliphatic rings. The van der Waals surface area contributed by atoms with Gasteiger partial charge in [-0.1, -0.05) is 13.0 Å². The minimum Gasteiger partial charge on any atom is -0.508 e. The van der Waals surface area contributed by atoms with Crippen molar-refractivity contribution in [1.82, 2.24) is 0 Å². The van der Waals surface area contributed by atoms with Crippen molar-refractivity contribution in [3.63, 3.8) is 0 Å². The van der Waals surface area contributed by atoms with Gasteiger partial charge in [0.05, 0.1) is 0 Å². The van der Waals surface area contributed by atoms with Gasteiger partial charge in [0.15, 0.2) is 0 Å². The standard InChI is InChI=1S/C13H14O2/c1-8-5-10-6-11(15)3-4-12(10)9(2)13(8)7-14/h3-4,6-8,15H,5H2,1-2H3/t8-/m0/s1. The molecule has 2 heteroatoms. The van der Waals surface area contributed by atoms with Gasteiger partial charge in [-0.15, -0.1) is 0 Å². The van der Waals surface area contributed by atoms with Crippen molar-refractivity contribution < 1.29 is 9.90 Å². The summed E-state index contributed by atoms with van der Waals surface area (Å²) in [6.45, 7) is 4.01. The van der Waals surface area contributed by atoms with E-state index in [4.69, 9.17) is 0 Å². The minimum atomic E-state index is 0.247. The molecule has 0 amide bonds. The van der Waals surface area contributed by atoms with Gasteiger partial charge in [-0.05, 0) is 53.7 Å². The van der Waals surface area contributed by atoms with E-state index >= 15 is 0 Å². The number of allylic oxidation sites excluding steroid dienone is 2.